The largest absolute Gasteiger partial charge is 0.356 e. The van der Waals surface area contributed by atoms with Crippen molar-refractivity contribution >= 4 is 17.7 Å². The SMILES string of the molecule is CCCCNC(=O)C1CCCN(C(=O)CNC(=O)Cc2cccc(F)c2)C1. The van der Waals surface area contributed by atoms with Crippen LogP contribution in [0.4, 0.5) is 4.39 Å². The lowest BCUT2D eigenvalue weighted by atomic mass is 9.97. The number of carbonyl (C=O) groups excluding carboxylic acids is 3. The van der Waals surface area contributed by atoms with Crippen molar-refractivity contribution in [1.29, 1.82) is 0 Å². The number of nitrogens with zero attached hydrogens (tertiary/aromatic N) is 1. The van der Waals surface area contributed by atoms with Gasteiger partial charge < -0.3 is 15.5 Å². The maximum absolute atomic E-state index is 13.1. The van der Waals surface area contributed by atoms with Crippen LogP contribution in [-0.2, 0) is 20.8 Å². The highest BCUT2D eigenvalue weighted by atomic mass is 19.1. The average molecular weight is 377 g/mol. The second-order valence-corrected chi connectivity index (χ2v) is 6.91. The summed E-state index contributed by atoms with van der Waals surface area (Å²) in [4.78, 5) is 38.1. The molecule has 1 heterocycles. The summed E-state index contributed by atoms with van der Waals surface area (Å²) >= 11 is 0. The molecule has 1 unspecified atom stereocenters. The van der Waals surface area contributed by atoms with Crippen molar-refractivity contribution in [3.8, 4) is 0 Å². The molecule has 0 saturated carbocycles. The first kappa shape index (κ1) is 20.9. The zero-order chi connectivity index (χ0) is 19.6. The van der Waals surface area contributed by atoms with Gasteiger partial charge in [-0.25, -0.2) is 4.39 Å². The van der Waals surface area contributed by atoms with Crippen molar-refractivity contribution in [3.63, 3.8) is 0 Å². The normalized spacial score (nSPS) is 16.7. The van der Waals surface area contributed by atoms with Gasteiger partial charge in [-0.3, -0.25) is 14.4 Å². The average Bonchev–Trinajstić information content (AvgIpc) is 2.66. The maximum Gasteiger partial charge on any atom is 0.241 e. The summed E-state index contributed by atoms with van der Waals surface area (Å²) in [5, 5.41) is 5.50. The van der Waals surface area contributed by atoms with Crippen molar-refractivity contribution in [2.75, 3.05) is 26.2 Å². The molecule has 3 amide bonds. The van der Waals surface area contributed by atoms with E-state index >= 15 is 0 Å². The zero-order valence-corrected chi connectivity index (χ0v) is 15.8. The molecule has 1 aliphatic heterocycles. The molecule has 0 aliphatic carbocycles. The number of rotatable bonds is 8. The highest BCUT2D eigenvalue weighted by Gasteiger charge is 2.28. The Balaban J connectivity index is 1.76. The predicted molar refractivity (Wildman–Crippen MR) is 100 cm³/mol. The van der Waals surface area contributed by atoms with Gasteiger partial charge in [-0.2, -0.15) is 0 Å². The number of amides is 3. The molecule has 1 fully saturated rings. The molecule has 1 aromatic rings. The number of unbranched alkanes of at least 4 members (excludes halogenated alkanes) is 1. The molecule has 0 spiro atoms. The van der Waals surface area contributed by atoms with Crippen molar-refractivity contribution in [1.82, 2.24) is 15.5 Å². The number of carbonyl (C=O) groups is 3. The van der Waals surface area contributed by atoms with Crippen LogP contribution in [0.3, 0.4) is 0 Å². The van der Waals surface area contributed by atoms with Crippen LogP contribution in [0.5, 0.6) is 0 Å². The van der Waals surface area contributed by atoms with Crippen LogP contribution in [0.15, 0.2) is 24.3 Å². The molecule has 7 heteroatoms. The number of hydrogen-bond donors (Lipinski definition) is 2. The summed E-state index contributed by atoms with van der Waals surface area (Å²) in [5.74, 6) is -1.12. The quantitative estimate of drug-likeness (QED) is 0.676. The van der Waals surface area contributed by atoms with Gasteiger partial charge in [0.25, 0.3) is 0 Å². The van der Waals surface area contributed by atoms with Crippen LogP contribution >= 0.6 is 0 Å². The van der Waals surface area contributed by atoms with Gasteiger partial charge in [0, 0.05) is 19.6 Å². The van der Waals surface area contributed by atoms with Crippen molar-refractivity contribution in [2.24, 2.45) is 5.92 Å². The van der Waals surface area contributed by atoms with Gasteiger partial charge in [0.2, 0.25) is 17.7 Å². The van der Waals surface area contributed by atoms with E-state index in [9.17, 15) is 18.8 Å². The summed E-state index contributed by atoms with van der Waals surface area (Å²) < 4.78 is 13.1. The van der Waals surface area contributed by atoms with E-state index in [1.54, 1.807) is 17.0 Å². The summed E-state index contributed by atoms with van der Waals surface area (Å²) in [7, 11) is 0. The maximum atomic E-state index is 13.1. The van der Waals surface area contributed by atoms with Gasteiger partial charge in [-0.05, 0) is 37.0 Å². The number of likely N-dealkylation sites (tertiary alicyclic amines) is 1. The topological polar surface area (TPSA) is 78.5 Å². The van der Waals surface area contributed by atoms with Crippen LogP contribution in [0.1, 0.15) is 38.2 Å². The van der Waals surface area contributed by atoms with Gasteiger partial charge in [0.15, 0.2) is 0 Å². The third-order valence-corrected chi connectivity index (χ3v) is 4.66. The Kier molecular flexibility index (Phi) is 8.23. The minimum absolute atomic E-state index is 0.00362. The molecule has 0 radical (unpaired) electrons. The Morgan fingerprint density at radius 1 is 1.26 bits per heavy atom. The Bertz CT molecular complexity index is 666. The third-order valence-electron chi connectivity index (χ3n) is 4.66. The Morgan fingerprint density at radius 3 is 2.81 bits per heavy atom. The third kappa shape index (κ3) is 7.00. The molecule has 1 atom stereocenters. The fourth-order valence-electron chi connectivity index (χ4n) is 3.13. The minimum Gasteiger partial charge on any atom is -0.356 e. The van der Waals surface area contributed by atoms with Gasteiger partial charge in [-0.1, -0.05) is 25.5 Å². The molecule has 148 valence electrons. The number of piperidine rings is 1. The van der Waals surface area contributed by atoms with E-state index < -0.39 is 5.82 Å². The number of hydrogen-bond acceptors (Lipinski definition) is 3. The van der Waals surface area contributed by atoms with Crippen molar-refractivity contribution < 1.29 is 18.8 Å². The van der Waals surface area contributed by atoms with Crippen LogP contribution in [0.2, 0.25) is 0 Å². The lowest BCUT2D eigenvalue weighted by Crippen LogP contribution is -2.48. The number of halogens is 1. The molecule has 0 bridgehead atoms. The van der Waals surface area contributed by atoms with Gasteiger partial charge in [0.05, 0.1) is 18.9 Å². The molecular weight excluding hydrogens is 349 g/mol. The summed E-state index contributed by atoms with van der Waals surface area (Å²) in [6.45, 7) is 3.60. The summed E-state index contributed by atoms with van der Waals surface area (Å²) in [6, 6.07) is 5.82. The van der Waals surface area contributed by atoms with E-state index in [1.807, 2.05) is 0 Å². The molecule has 2 N–H and O–H groups in total. The minimum atomic E-state index is -0.395. The number of benzene rings is 1. The summed E-state index contributed by atoms with van der Waals surface area (Å²) in [5.41, 5.74) is 0.557. The van der Waals surface area contributed by atoms with E-state index in [2.05, 4.69) is 17.6 Å². The number of nitrogens with one attached hydrogen (secondary N) is 2. The smallest absolute Gasteiger partial charge is 0.241 e. The van der Waals surface area contributed by atoms with E-state index in [1.165, 1.54) is 12.1 Å². The highest BCUT2D eigenvalue weighted by Crippen LogP contribution is 2.16. The first-order valence-electron chi connectivity index (χ1n) is 9.56. The molecule has 27 heavy (non-hydrogen) atoms. The standard InChI is InChI=1S/C20H28FN3O3/c1-2-3-9-22-20(27)16-7-5-10-24(14-16)19(26)13-23-18(25)12-15-6-4-8-17(21)11-15/h4,6,8,11,16H,2-3,5,7,9-10,12-14H2,1H3,(H,22,27)(H,23,25). The first-order valence-corrected chi connectivity index (χ1v) is 9.56. The Morgan fingerprint density at radius 2 is 2.07 bits per heavy atom. The fourth-order valence-corrected chi connectivity index (χ4v) is 3.13. The van der Waals surface area contributed by atoms with Gasteiger partial charge in [0.1, 0.15) is 5.82 Å². The van der Waals surface area contributed by atoms with Crippen LogP contribution < -0.4 is 10.6 Å². The Hall–Kier alpha value is -2.44. The molecule has 2 rings (SSSR count). The predicted octanol–water partition coefficient (Wildman–Crippen LogP) is 1.64. The molecular formula is C20H28FN3O3. The van der Waals surface area contributed by atoms with E-state index in [4.69, 9.17) is 0 Å². The highest BCUT2D eigenvalue weighted by molar-refractivity contribution is 5.86. The molecule has 6 nitrogen and oxygen atoms in total. The molecule has 1 aromatic carbocycles. The fraction of sp³-hybridized carbons (Fsp3) is 0.550. The molecule has 1 saturated heterocycles. The second kappa shape index (κ2) is 10.6. The van der Waals surface area contributed by atoms with Gasteiger partial charge >= 0.3 is 0 Å². The van der Waals surface area contributed by atoms with Gasteiger partial charge in [-0.15, -0.1) is 0 Å². The van der Waals surface area contributed by atoms with Crippen LogP contribution in [0, 0.1) is 11.7 Å². The second-order valence-electron chi connectivity index (χ2n) is 6.91. The molecule has 1 aliphatic rings. The van der Waals surface area contributed by atoms with E-state index in [-0.39, 0.29) is 36.6 Å². The van der Waals surface area contributed by atoms with Crippen molar-refractivity contribution in [2.45, 2.75) is 39.0 Å². The Labute approximate surface area is 159 Å². The summed E-state index contributed by atoms with van der Waals surface area (Å²) in [6.07, 6.45) is 3.53. The van der Waals surface area contributed by atoms with Crippen LogP contribution in [0.25, 0.3) is 0 Å². The lowest BCUT2D eigenvalue weighted by molar-refractivity contribution is -0.136. The van der Waals surface area contributed by atoms with Crippen molar-refractivity contribution in [3.05, 3.63) is 35.6 Å². The zero-order valence-electron chi connectivity index (χ0n) is 15.8. The van der Waals surface area contributed by atoms with E-state index in [0.717, 1.165) is 25.7 Å². The van der Waals surface area contributed by atoms with Crippen LogP contribution in [-0.4, -0.2) is 48.8 Å². The molecule has 0 aromatic heterocycles. The first-order chi connectivity index (χ1) is 13.0. The van der Waals surface area contributed by atoms with E-state index in [0.29, 0.717) is 25.2 Å². The monoisotopic (exact) mass is 377 g/mol. The lowest BCUT2D eigenvalue weighted by Gasteiger charge is -2.32.